The number of para-hydroxylation sites is 1. The second kappa shape index (κ2) is 5.89. The Labute approximate surface area is 150 Å². The number of benzene rings is 2. The molecule has 22 heavy (non-hydrogen) atoms. The zero-order valence-electron chi connectivity index (χ0n) is 12.0. The van der Waals surface area contributed by atoms with Crippen molar-refractivity contribution in [2.24, 2.45) is 0 Å². The lowest BCUT2D eigenvalue weighted by atomic mass is 9.99. The zero-order chi connectivity index (χ0) is 14.4. The molecular formula is C17H15IN2OS. The summed E-state index contributed by atoms with van der Waals surface area (Å²) in [6.45, 7) is 0. The van der Waals surface area contributed by atoms with E-state index in [2.05, 4.69) is 29.2 Å². The summed E-state index contributed by atoms with van der Waals surface area (Å²) in [7, 11) is 1.70. The van der Waals surface area contributed by atoms with Crippen molar-refractivity contribution in [3.63, 3.8) is 0 Å². The molecule has 0 unspecified atom stereocenters. The zero-order valence-corrected chi connectivity index (χ0v) is 15.1. The monoisotopic (exact) mass is 422 g/mol. The third-order valence-corrected chi connectivity index (χ3v) is 4.73. The van der Waals surface area contributed by atoms with Gasteiger partial charge in [-0.3, -0.25) is 0 Å². The molecule has 2 aromatic carbocycles. The van der Waals surface area contributed by atoms with Crippen LogP contribution in [0.1, 0.15) is 10.4 Å². The molecule has 4 rings (SSSR count). The number of hydrogen-bond donors (Lipinski definition) is 1. The Bertz CT molecular complexity index is 844. The van der Waals surface area contributed by atoms with Crippen molar-refractivity contribution in [2.75, 3.05) is 12.8 Å². The Hall–Kier alpha value is -1.60. The minimum atomic E-state index is 0. The van der Waals surface area contributed by atoms with Gasteiger partial charge in [-0.15, -0.1) is 35.3 Å². The van der Waals surface area contributed by atoms with Crippen molar-refractivity contribution in [3.8, 4) is 28.1 Å². The quantitative estimate of drug-likeness (QED) is 0.481. The molecule has 0 saturated carbocycles. The van der Waals surface area contributed by atoms with Gasteiger partial charge < -0.3 is 10.5 Å². The van der Waals surface area contributed by atoms with Crippen molar-refractivity contribution in [3.05, 3.63) is 52.9 Å². The van der Waals surface area contributed by atoms with Gasteiger partial charge in [0.2, 0.25) is 0 Å². The molecule has 0 radical (unpaired) electrons. The molecule has 1 aromatic heterocycles. The molecule has 3 nitrogen and oxygen atoms in total. The first-order valence-corrected chi connectivity index (χ1v) is 7.60. The van der Waals surface area contributed by atoms with E-state index in [-0.39, 0.29) is 24.0 Å². The van der Waals surface area contributed by atoms with Gasteiger partial charge in [-0.1, -0.05) is 30.3 Å². The number of fused-ring (bicyclic) bond motifs is 3. The average molecular weight is 422 g/mol. The highest BCUT2D eigenvalue weighted by Crippen LogP contribution is 2.42. The first-order chi connectivity index (χ1) is 10.3. The maximum atomic E-state index is 5.80. The molecule has 1 aliphatic carbocycles. The molecular weight excluding hydrogens is 407 g/mol. The fourth-order valence-corrected chi connectivity index (χ4v) is 3.76. The van der Waals surface area contributed by atoms with Gasteiger partial charge >= 0.3 is 0 Å². The Balaban J connectivity index is 0.00000144. The normalized spacial score (nSPS) is 11.5. The van der Waals surface area contributed by atoms with Crippen molar-refractivity contribution in [1.82, 2.24) is 4.98 Å². The Morgan fingerprint density at radius 1 is 1.14 bits per heavy atom. The molecule has 2 N–H and O–H groups in total. The standard InChI is InChI=1S/C17H14N2OS.HI/c1-20-14-5-3-2-4-12(14)10-6-7-13-11(8-10)9-15-16(13)19-17(18)21-15;/h2-8H,9H2,1H3,(H2,18,19);1H. The number of rotatable bonds is 2. The molecule has 1 heterocycles. The van der Waals surface area contributed by atoms with Gasteiger partial charge in [-0.25, -0.2) is 4.98 Å². The third kappa shape index (κ3) is 2.38. The molecule has 112 valence electrons. The predicted octanol–water partition coefficient (Wildman–Crippen LogP) is 4.59. The molecule has 0 atom stereocenters. The van der Waals surface area contributed by atoms with Gasteiger partial charge in [0.05, 0.1) is 12.8 Å². The number of halogens is 1. The van der Waals surface area contributed by atoms with E-state index in [4.69, 9.17) is 10.5 Å². The lowest BCUT2D eigenvalue weighted by Crippen LogP contribution is -1.89. The van der Waals surface area contributed by atoms with Crippen LogP contribution >= 0.6 is 35.3 Å². The van der Waals surface area contributed by atoms with Gasteiger partial charge in [0.15, 0.2) is 5.13 Å². The second-order valence-corrected chi connectivity index (χ2v) is 6.19. The Kier molecular flexibility index (Phi) is 4.10. The van der Waals surface area contributed by atoms with Crippen LogP contribution in [0.15, 0.2) is 42.5 Å². The Morgan fingerprint density at radius 2 is 1.95 bits per heavy atom. The number of nitrogens with two attached hydrogens (primary N) is 1. The summed E-state index contributed by atoms with van der Waals surface area (Å²) in [5, 5.41) is 0.652. The lowest BCUT2D eigenvalue weighted by Gasteiger charge is -2.10. The topological polar surface area (TPSA) is 48.1 Å². The maximum absolute atomic E-state index is 5.80. The van der Waals surface area contributed by atoms with E-state index >= 15 is 0 Å². The number of hydrogen-bond acceptors (Lipinski definition) is 4. The van der Waals surface area contributed by atoms with Gasteiger partial charge in [0.25, 0.3) is 0 Å². The summed E-state index contributed by atoms with van der Waals surface area (Å²) >= 11 is 1.58. The molecule has 1 aliphatic rings. The fraction of sp³-hybridized carbons (Fsp3) is 0.118. The highest BCUT2D eigenvalue weighted by molar-refractivity contribution is 14.0. The minimum absolute atomic E-state index is 0. The SMILES string of the molecule is COc1ccccc1-c1ccc2c(c1)Cc1sc(N)nc1-2.I. The summed E-state index contributed by atoms with van der Waals surface area (Å²) in [4.78, 5) is 5.70. The Morgan fingerprint density at radius 3 is 2.77 bits per heavy atom. The van der Waals surface area contributed by atoms with Crippen LogP contribution in [0, 0.1) is 0 Å². The predicted molar refractivity (Wildman–Crippen MR) is 102 cm³/mol. The summed E-state index contributed by atoms with van der Waals surface area (Å²) < 4.78 is 5.45. The van der Waals surface area contributed by atoms with Gasteiger partial charge in [-0.05, 0) is 23.3 Å². The highest BCUT2D eigenvalue weighted by atomic mass is 127. The summed E-state index contributed by atoms with van der Waals surface area (Å²) in [6, 6.07) is 14.6. The first-order valence-electron chi connectivity index (χ1n) is 6.78. The maximum Gasteiger partial charge on any atom is 0.180 e. The highest BCUT2D eigenvalue weighted by Gasteiger charge is 2.23. The number of methoxy groups -OCH3 is 1. The summed E-state index contributed by atoms with van der Waals surface area (Å²) in [5.74, 6) is 0.896. The van der Waals surface area contributed by atoms with Crippen molar-refractivity contribution in [1.29, 1.82) is 0 Å². The van der Waals surface area contributed by atoms with E-state index in [1.165, 1.54) is 21.6 Å². The van der Waals surface area contributed by atoms with Gasteiger partial charge in [-0.2, -0.15) is 0 Å². The van der Waals surface area contributed by atoms with Crippen LogP contribution in [0.3, 0.4) is 0 Å². The lowest BCUT2D eigenvalue weighted by molar-refractivity contribution is 0.416. The van der Waals surface area contributed by atoms with Crippen LogP contribution in [-0.4, -0.2) is 12.1 Å². The van der Waals surface area contributed by atoms with Crippen LogP contribution in [0.5, 0.6) is 5.75 Å². The summed E-state index contributed by atoms with van der Waals surface area (Å²) in [5.41, 5.74) is 11.7. The molecule has 0 bridgehead atoms. The minimum Gasteiger partial charge on any atom is -0.496 e. The van der Waals surface area contributed by atoms with E-state index in [1.807, 2.05) is 18.2 Å². The largest absolute Gasteiger partial charge is 0.496 e. The molecule has 0 amide bonds. The smallest absolute Gasteiger partial charge is 0.180 e. The molecule has 0 saturated heterocycles. The number of thiazole rings is 1. The summed E-state index contributed by atoms with van der Waals surface area (Å²) in [6.07, 6.45) is 0.919. The molecule has 0 spiro atoms. The van der Waals surface area contributed by atoms with Crippen molar-refractivity contribution in [2.45, 2.75) is 6.42 Å². The van der Waals surface area contributed by atoms with Crippen LogP contribution in [0.25, 0.3) is 22.4 Å². The van der Waals surface area contributed by atoms with E-state index in [0.29, 0.717) is 5.13 Å². The third-order valence-electron chi connectivity index (χ3n) is 3.84. The number of aromatic nitrogens is 1. The molecule has 5 heteroatoms. The van der Waals surface area contributed by atoms with E-state index in [0.717, 1.165) is 23.4 Å². The second-order valence-electron chi connectivity index (χ2n) is 5.07. The van der Waals surface area contributed by atoms with Gasteiger partial charge in [0, 0.05) is 22.4 Å². The van der Waals surface area contributed by atoms with E-state index < -0.39 is 0 Å². The van der Waals surface area contributed by atoms with Crippen molar-refractivity contribution >= 4 is 40.4 Å². The van der Waals surface area contributed by atoms with Crippen LogP contribution in [0.2, 0.25) is 0 Å². The van der Waals surface area contributed by atoms with Crippen LogP contribution in [-0.2, 0) is 6.42 Å². The van der Waals surface area contributed by atoms with Crippen LogP contribution in [0.4, 0.5) is 5.13 Å². The first kappa shape index (κ1) is 15.3. The number of nitrogens with zero attached hydrogens (tertiary/aromatic N) is 1. The molecule has 3 aromatic rings. The number of ether oxygens (including phenoxy) is 1. The van der Waals surface area contributed by atoms with Crippen LogP contribution < -0.4 is 10.5 Å². The molecule has 0 aliphatic heterocycles. The average Bonchev–Trinajstić information content (AvgIpc) is 3.02. The number of anilines is 1. The molecule has 0 fully saturated rings. The van der Waals surface area contributed by atoms with E-state index in [9.17, 15) is 0 Å². The number of nitrogen functional groups attached to an aromatic ring is 1. The van der Waals surface area contributed by atoms with Crippen molar-refractivity contribution < 1.29 is 4.74 Å². The van der Waals surface area contributed by atoms with E-state index in [1.54, 1.807) is 18.4 Å². The fourth-order valence-electron chi connectivity index (χ4n) is 2.89. The van der Waals surface area contributed by atoms with Gasteiger partial charge in [0.1, 0.15) is 5.75 Å².